The fourth-order valence-corrected chi connectivity index (χ4v) is 2.85. The number of nitrogens with one attached hydrogen (secondary N) is 2. The first-order valence-electron chi connectivity index (χ1n) is 7.71. The van der Waals surface area contributed by atoms with Gasteiger partial charge < -0.3 is 10.3 Å². The average Bonchev–Trinajstić information content (AvgIpc) is 2.90. The van der Waals surface area contributed by atoms with Crippen LogP contribution in [0.4, 0.5) is 0 Å². The largest absolute Gasteiger partial charge is 0.342 e. The van der Waals surface area contributed by atoms with Gasteiger partial charge in [0.25, 0.3) is 0 Å². The van der Waals surface area contributed by atoms with Gasteiger partial charge in [0, 0.05) is 6.42 Å². The Bertz CT molecular complexity index is 537. The zero-order chi connectivity index (χ0) is 13.6. The Morgan fingerprint density at radius 1 is 1.25 bits per heavy atom. The van der Waals surface area contributed by atoms with Crippen LogP contribution in [0, 0.1) is 5.92 Å². The monoisotopic (exact) mass is 269 g/mol. The fourth-order valence-electron chi connectivity index (χ4n) is 2.85. The van der Waals surface area contributed by atoms with Crippen LogP contribution in [-0.2, 0) is 6.42 Å². The molecule has 1 aliphatic carbocycles. The number of aromatic nitrogens is 2. The number of H-pyrrole nitrogens is 1. The van der Waals surface area contributed by atoms with Crippen molar-refractivity contribution in [2.45, 2.75) is 32.1 Å². The summed E-state index contributed by atoms with van der Waals surface area (Å²) in [6, 6.07) is 8.22. The normalized spacial score (nSPS) is 18.7. The number of allylic oxidation sites excluding steroid dienone is 2. The van der Waals surface area contributed by atoms with Gasteiger partial charge in [-0.2, -0.15) is 0 Å². The van der Waals surface area contributed by atoms with E-state index in [2.05, 4.69) is 39.6 Å². The van der Waals surface area contributed by atoms with Gasteiger partial charge in [-0.05, 0) is 56.8 Å². The van der Waals surface area contributed by atoms with Crippen LogP contribution in [0.25, 0.3) is 11.0 Å². The number of benzene rings is 1. The summed E-state index contributed by atoms with van der Waals surface area (Å²) in [7, 11) is 0. The first kappa shape index (κ1) is 13.4. The van der Waals surface area contributed by atoms with Crippen molar-refractivity contribution in [2.24, 2.45) is 5.92 Å². The van der Waals surface area contributed by atoms with E-state index in [0.29, 0.717) is 0 Å². The molecule has 1 aromatic heterocycles. The molecule has 20 heavy (non-hydrogen) atoms. The summed E-state index contributed by atoms with van der Waals surface area (Å²) < 4.78 is 0. The number of fused-ring (bicyclic) bond motifs is 1. The molecule has 1 aromatic carbocycles. The Kier molecular flexibility index (Phi) is 4.49. The predicted molar refractivity (Wildman–Crippen MR) is 83.8 cm³/mol. The van der Waals surface area contributed by atoms with Gasteiger partial charge in [0.1, 0.15) is 5.82 Å². The number of aryl methyl sites for hydroxylation is 1. The Labute approximate surface area is 120 Å². The number of nitrogens with zero attached hydrogens (tertiary/aromatic N) is 1. The van der Waals surface area contributed by atoms with E-state index in [-0.39, 0.29) is 0 Å². The second kappa shape index (κ2) is 6.71. The van der Waals surface area contributed by atoms with Gasteiger partial charge in [-0.15, -0.1) is 0 Å². The molecular weight excluding hydrogens is 246 g/mol. The van der Waals surface area contributed by atoms with Gasteiger partial charge in [-0.25, -0.2) is 4.98 Å². The van der Waals surface area contributed by atoms with E-state index in [9.17, 15) is 0 Å². The van der Waals surface area contributed by atoms with Crippen molar-refractivity contribution in [1.82, 2.24) is 15.3 Å². The van der Waals surface area contributed by atoms with Crippen LogP contribution in [0.5, 0.6) is 0 Å². The van der Waals surface area contributed by atoms with Gasteiger partial charge in [0.05, 0.1) is 11.0 Å². The van der Waals surface area contributed by atoms with Crippen molar-refractivity contribution >= 4 is 11.0 Å². The summed E-state index contributed by atoms with van der Waals surface area (Å²) in [5.41, 5.74) is 2.22. The highest BCUT2D eigenvalue weighted by atomic mass is 14.9. The standard InChI is InChI=1S/C17H23N3/c1-2-7-14(8-3-1)13-18-12-6-11-17-19-15-9-4-5-10-16(15)20-17/h1-2,4-5,9-10,14,18H,3,6-8,11-13H2,(H,19,20). The molecule has 106 valence electrons. The minimum atomic E-state index is 0.839. The van der Waals surface area contributed by atoms with Crippen LogP contribution in [0.3, 0.4) is 0 Å². The highest BCUT2D eigenvalue weighted by Crippen LogP contribution is 2.16. The topological polar surface area (TPSA) is 40.7 Å². The van der Waals surface area contributed by atoms with Crippen molar-refractivity contribution in [3.63, 3.8) is 0 Å². The van der Waals surface area contributed by atoms with Crippen molar-refractivity contribution in [2.75, 3.05) is 13.1 Å². The number of imidazole rings is 1. The van der Waals surface area contributed by atoms with E-state index >= 15 is 0 Å². The highest BCUT2D eigenvalue weighted by molar-refractivity contribution is 5.74. The molecule has 1 heterocycles. The summed E-state index contributed by atoms with van der Waals surface area (Å²) in [5, 5.41) is 3.58. The third kappa shape index (κ3) is 3.48. The van der Waals surface area contributed by atoms with E-state index in [1.54, 1.807) is 0 Å². The van der Waals surface area contributed by atoms with E-state index in [1.165, 1.54) is 19.3 Å². The van der Waals surface area contributed by atoms with Crippen molar-refractivity contribution in [3.8, 4) is 0 Å². The van der Waals surface area contributed by atoms with Gasteiger partial charge in [-0.1, -0.05) is 24.3 Å². The maximum atomic E-state index is 4.61. The fraction of sp³-hybridized carbons (Fsp3) is 0.471. The molecule has 3 rings (SSSR count). The quantitative estimate of drug-likeness (QED) is 0.623. The maximum absolute atomic E-state index is 4.61. The molecule has 1 atom stereocenters. The molecule has 0 fully saturated rings. The lowest BCUT2D eigenvalue weighted by Crippen LogP contribution is -2.24. The first-order chi connectivity index (χ1) is 9.92. The van der Waals surface area contributed by atoms with E-state index in [0.717, 1.165) is 48.7 Å². The molecule has 0 spiro atoms. The number of rotatable bonds is 6. The minimum Gasteiger partial charge on any atom is -0.342 e. The molecule has 0 bridgehead atoms. The zero-order valence-electron chi connectivity index (χ0n) is 11.9. The Morgan fingerprint density at radius 2 is 2.20 bits per heavy atom. The molecule has 0 amide bonds. The molecule has 1 unspecified atom stereocenters. The smallest absolute Gasteiger partial charge is 0.107 e. The molecular formula is C17H23N3. The summed E-state index contributed by atoms with van der Waals surface area (Å²) in [4.78, 5) is 8.00. The van der Waals surface area contributed by atoms with E-state index in [1.807, 2.05) is 12.1 Å². The molecule has 0 saturated heterocycles. The molecule has 0 radical (unpaired) electrons. The molecule has 3 heteroatoms. The Morgan fingerprint density at radius 3 is 3.05 bits per heavy atom. The lowest BCUT2D eigenvalue weighted by atomic mass is 9.94. The second-order valence-corrected chi connectivity index (χ2v) is 5.66. The van der Waals surface area contributed by atoms with Crippen LogP contribution >= 0.6 is 0 Å². The second-order valence-electron chi connectivity index (χ2n) is 5.66. The Hall–Kier alpha value is -1.61. The van der Waals surface area contributed by atoms with Crippen LogP contribution in [0.15, 0.2) is 36.4 Å². The number of aromatic amines is 1. The van der Waals surface area contributed by atoms with Crippen LogP contribution in [0.2, 0.25) is 0 Å². The maximum Gasteiger partial charge on any atom is 0.107 e. The number of hydrogen-bond donors (Lipinski definition) is 2. The summed E-state index contributed by atoms with van der Waals surface area (Å²) in [6.45, 7) is 2.24. The lowest BCUT2D eigenvalue weighted by Gasteiger charge is -2.17. The van der Waals surface area contributed by atoms with Crippen LogP contribution in [0.1, 0.15) is 31.5 Å². The van der Waals surface area contributed by atoms with Crippen LogP contribution in [-0.4, -0.2) is 23.1 Å². The molecule has 1 aliphatic rings. The molecule has 0 saturated carbocycles. The van der Waals surface area contributed by atoms with Crippen LogP contribution < -0.4 is 5.32 Å². The molecule has 2 N–H and O–H groups in total. The van der Waals surface area contributed by atoms with E-state index < -0.39 is 0 Å². The van der Waals surface area contributed by atoms with Gasteiger partial charge in [-0.3, -0.25) is 0 Å². The molecule has 3 nitrogen and oxygen atoms in total. The van der Waals surface area contributed by atoms with Crippen molar-refractivity contribution in [1.29, 1.82) is 0 Å². The van der Waals surface area contributed by atoms with E-state index in [4.69, 9.17) is 0 Å². The van der Waals surface area contributed by atoms with Gasteiger partial charge >= 0.3 is 0 Å². The minimum absolute atomic E-state index is 0.839. The van der Waals surface area contributed by atoms with Gasteiger partial charge in [0.2, 0.25) is 0 Å². The van der Waals surface area contributed by atoms with Gasteiger partial charge in [0.15, 0.2) is 0 Å². The lowest BCUT2D eigenvalue weighted by molar-refractivity contribution is 0.439. The summed E-state index contributed by atoms with van der Waals surface area (Å²) in [5.74, 6) is 1.94. The SMILES string of the molecule is C1=CCC(CNCCCc2nc3ccccc3[nH]2)CC1. The predicted octanol–water partition coefficient (Wildman–Crippen LogP) is 3.44. The molecule has 0 aliphatic heterocycles. The first-order valence-corrected chi connectivity index (χ1v) is 7.71. The average molecular weight is 269 g/mol. The zero-order valence-corrected chi connectivity index (χ0v) is 11.9. The third-order valence-corrected chi connectivity index (χ3v) is 4.02. The summed E-state index contributed by atoms with van der Waals surface area (Å²) >= 11 is 0. The van der Waals surface area contributed by atoms with Crippen molar-refractivity contribution in [3.05, 3.63) is 42.2 Å². The Balaban J connectivity index is 1.38. The number of para-hydroxylation sites is 2. The van der Waals surface area contributed by atoms with Crippen molar-refractivity contribution < 1.29 is 0 Å². The molecule has 2 aromatic rings. The highest BCUT2D eigenvalue weighted by Gasteiger charge is 2.08. The summed E-state index contributed by atoms with van der Waals surface area (Å²) in [6.07, 6.45) is 10.6. The third-order valence-electron chi connectivity index (χ3n) is 4.02. The number of hydrogen-bond acceptors (Lipinski definition) is 2.